The van der Waals surface area contributed by atoms with Gasteiger partial charge in [0.15, 0.2) is 0 Å². The number of hydrogen-bond acceptors (Lipinski definition) is 4. The lowest BCUT2D eigenvalue weighted by molar-refractivity contribution is -0.0147. The lowest BCUT2D eigenvalue weighted by Crippen LogP contribution is -2.37. The van der Waals surface area contributed by atoms with Gasteiger partial charge in [0.2, 0.25) is 0 Å². The number of rotatable bonds is 9. The van der Waals surface area contributed by atoms with Crippen LogP contribution < -0.4 is 5.73 Å². The van der Waals surface area contributed by atoms with Gasteiger partial charge in [0.05, 0.1) is 19.3 Å². The zero-order valence-electron chi connectivity index (χ0n) is 11.2. The van der Waals surface area contributed by atoms with E-state index in [0.717, 1.165) is 19.6 Å². The van der Waals surface area contributed by atoms with Crippen molar-refractivity contribution in [2.75, 3.05) is 46.5 Å². The summed E-state index contributed by atoms with van der Waals surface area (Å²) in [5.41, 5.74) is 5.48. The maximum Gasteiger partial charge on any atom is 0.0704 e. The molecule has 0 unspecified atom stereocenters. The van der Waals surface area contributed by atoms with E-state index in [1.807, 2.05) is 0 Å². The Hall–Kier alpha value is -0.160. The van der Waals surface area contributed by atoms with E-state index < -0.39 is 0 Å². The van der Waals surface area contributed by atoms with Gasteiger partial charge in [0.1, 0.15) is 0 Å². The first-order chi connectivity index (χ1) is 8.36. The van der Waals surface area contributed by atoms with Crippen LogP contribution in [0.4, 0.5) is 0 Å². The molecule has 1 fully saturated rings. The Morgan fingerprint density at radius 2 is 1.88 bits per heavy atom. The van der Waals surface area contributed by atoms with Gasteiger partial charge in [0, 0.05) is 20.2 Å². The van der Waals surface area contributed by atoms with Crippen LogP contribution in [0.1, 0.15) is 32.1 Å². The van der Waals surface area contributed by atoms with Crippen LogP contribution in [-0.4, -0.2) is 57.5 Å². The van der Waals surface area contributed by atoms with Gasteiger partial charge in [-0.1, -0.05) is 6.42 Å². The first kappa shape index (κ1) is 14.9. The number of nitrogens with two attached hydrogens (primary N) is 1. The van der Waals surface area contributed by atoms with Crippen molar-refractivity contribution in [1.29, 1.82) is 0 Å². The number of piperidine rings is 1. The molecule has 0 amide bonds. The minimum absolute atomic E-state index is 0.449. The predicted octanol–water partition coefficient (Wildman–Crippen LogP) is 1.24. The van der Waals surface area contributed by atoms with Gasteiger partial charge in [-0.05, 0) is 38.8 Å². The van der Waals surface area contributed by atoms with E-state index >= 15 is 0 Å². The number of methoxy groups -OCH3 is 1. The van der Waals surface area contributed by atoms with Crippen molar-refractivity contribution in [3.05, 3.63) is 0 Å². The van der Waals surface area contributed by atoms with E-state index in [0.29, 0.717) is 12.7 Å². The number of hydrogen-bond donors (Lipinski definition) is 1. The molecule has 1 aliphatic rings. The Kier molecular flexibility index (Phi) is 8.61. The summed E-state index contributed by atoms with van der Waals surface area (Å²) in [5.74, 6) is 0. The van der Waals surface area contributed by atoms with Gasteiger partial charge in [-0.2, -0.15) is 0 Å². The van der Waals surface area contributed by atoms with E-state index in [1.54, 1.807) is 7.11 Å². The molecule has 2 N–H and O–H groups in total. The quantitative estimate of drug-likeness (QED) is 0.620. The highest BCUT2D eigenvalue weighted by molar-refractivity contribution is 4.72. The van der Waals surface area contributed by atoms with Gasteiger partial charge < -0.3 is 20.1 Å². The third kappa shape index (κ3) is 6.99. The third-order valence-electron chi connectivity index (χ3n) is 3.35. The lowest BCUT2D eigenvalue weighted by atomic mass is 10.1. The monoisotopic (exact) mass is 244 g/mol. The number of nitrogens with zero attached hydrogens (tertiary/aromatic N) is 1. The van der Waals surface area contributed by atoms with Crippen molar-refractivity contribution in [2.24, 2.45) is 5.73 Å². The van der Waals surface area contributed by atoms with Gasteiger partial charge in [-0.3, -0.25) is 0 Å². The van der Waals surface area contributed by atoms with E-state index in [9.17, 15) is 0 Å². The maximum absolute atomic E-state index is 5.75. The summed E-state index contributed by atoms with van der Waals surface area (Å²) >= 11 is 0. The molecule has 1 aliphatic heterocycles. The zero-order valence-corrected chi connectivity index (χ0v) is 11.2. The molecular formula is C13H28N2O2. The molecule has 0 aromatic carbocycles. The second-order valence-electron chi connectivity index (χ2n) is 4.75. The summed E-state index contributed by atoms with van der Waals surface area (Å²) in [4.78, 5) is 2.55. The van der Waals surface area contributed by atoms with Crippen LogP contribution >= 0.6 is 0 Å². The van der Waals surface area contributed by atoms with Crippen molar-refractivity contribution in [1.82, 2.24) is 4.90 Å². The van der Waals surface area contributed by atoms with Crippen molar-refractivity contribution < 1.29 is 9.47 Å². The molecule has 0 saturated carbocycles. The third-order valence-corrected chi connectivity index (χ3v) is 3.35. The van der Waals surface area contributed by atoms with Crippen molar-refractivity contribution >= 4 is 0 Å². The van der Waals surface area contributed by atoms with Crippen LogP contribution in [0.2, 0.25) is 0 Å². The largest absolute Gasteiger partial charge is 0.382 e. The molecule has 1 heterocycles. The van der Waals surface area contributed by atoms with Gasteiger partial charge in [0.25, 0.3) is 0 Å². The molecule has 0 aromatic rings. The van der Waals surface area contributed by atoms with E-state index in [1.165, 1.54) is 45.3 Å². The summed E-state index contributed by atoms with van der Waals surface area (Å²) in [5, 5.41) is 0. The lowest BCUT2D eigenvalue weighted by Gasteiger charge is -2.31. The minimum Gasteiger partial charge on any atom is -0.382 e. The fourth-order valence-electron chi connectivity index (χ4n) is 2.25. The number of ether oxygens (including phenoxy) is 2. The molecule has 4 heteroatoms. The number of likely N-dealkylation sites (tertiary alicyclic amines) is 1. The van der Waals surface area contributed by atoms with Crippen LogP contribution in [0.15, 0.2) is 0 Å². The van der Waals surface area contributed by atoms with Gasteiger partial charge in [-0.15, -0.1) is 0 Å². The molecule has 0 radical (unpaired) electrons. The summed E-state index contributed by atoms with van der Waals surface area (Å²) < 4.78 is 10.7. The molecule has 0 spiro atoms. The summed E-state index contributed by atoms with van der Waals surface area (Å²) in [6.45, 7) is 5.86. The Morgan fingerprint density at radius 3 is 2.53 bits per heavy atom. The van der Waals surface area contributed by atoms with Crippen LogP contribution in [-0.2, 0) is 9.47 Å². The smallest absolute Gasteiger partial charge is 0.0704 e. The molecule has 0 aromatic heterocycles. The molecule has 1 saturated heterocycles. The fraction of sp³-hybridized carbons (Fsp3) is 1.00. The van der Waals surface area contributed by atoms with Crippen LogP contribution in [0.5, 0.6) is 0 Å². The highest BCUT2D eigenvalue weighted by Gasteiger charge is 2.18. The molecule has 1 rings (SSSR count). The van der Waals surface area contributed by atoms with Gasteiger partial charge >= 0.3 is 0 Å². The normalized spacial score (nSPS) is 18.7. The molecule has 4 nitrogen and oxygen atoms in total. The SMILES string of the molecule is COCCOC1CCN(CCCCCN)CC1. The predicted molar refractivity (Wildman–Crippen MR) is 70.2 cm³/mol. The zero-order chi connectivity index (χ0) is 12.3. The van der Waals surface area contributed by atoms with Gasteiger partial charge in [-0.25, -0.2) is 0 Å². The average molecular weight is 244 g/mol. The van der Waals surface area contributed by atoms with Crippen molar-refractivity contribution in [3.8, 4) is 0 Å². The fourth-order valence-corrected chi connectivity index (χ4v) is 2.25. The summed E-state index contributed by atoms with van der Waals surface area (Å²) in [6.07, 6.45) is 6.50. The maximum atomic E-state index is 5.75. The molecule has 0 aliphatic carbocycles. The Labute approximate surface area is 105 Å². The Balaban J connectivity index is 1.97. The van der Waals surface area contributed by atoms with Crippen molar-refractivity contribution in [3.63, 3.8) is 0 Å². The second-order valence-corrected chi connectivity index (χ2v) is 4.75. The van der Waals surface area contributed by atoms with Crippen LogP contribution in [0, 0.1) is 0 Å². The molecular weight excluding hydrogens is 216 g/mol. The standard InChI is InChI=1S/C13H28N2O2/c1-16-11-12-17-13-5-9-15(10-6-13)8-4-2-3-7-14/h13H,2-12,14H2,1H3. The molecule has 0 atom stereocenters. The first-order valence-electron chi connectivity index (χ1n) is 6.89. The minimum atomic E-state index is 0.449. The van der Waals surface area contributed by atoms with E-state index in [4.69, 9.17) is 15.2 Å². The Morgan fingerprint density at radius 1 is 1.12 bits per heavy atom. The van der Waals surface area contributed by atoms with E-state index in [2.05, 4.69) is 4.90 Å². The van der Waals surface area contributed by atoms with Crippen molar-refractivity contribution in [2.45, 2.75) is 38.2 Å². The van der Waals surface area contributed by atoms with E-state index in [-0.39, 0.29) is 0 Å². The number of unbranched alkanes of at least 4 members (excludes halogenated alkanes) is 2. The molecule has 102 valence electrons. The molecule has 0 bridgehead atoms. The average Bonchev–Trinajstić information content (AvgIpc) is 2.37. The first-order valence-corrected chi connectivity index (χ1v) is 6.89. The topological polar surface area (TPSA) is 47.7 Å². The molecule has 17 heavy (non-hydrogen) atoms. The highest BCUT2D eigenvalue weighted by atomic mass is 16.5. The van der Waals surface area contributed by atoms with Crippen LogP contribution in [0.25, 0.3) is 0 Å². The summed E-state index contributed by atoms with van der Waals surface area (Å²) in [6, 6.07) is 0. The van der Waals surface area contributed by atoms with Crippen LogP contribution in [0.3, 0.4) is 0 Å². The Bertz CT molecular complexity index is 171. The second kappa shape index (κ2) is 9.83. The highest BCUT2D eigenvalue weighted by Crippen LogP contribution is 2.14. The summed E-state index contributed by atoms with van der Waals surface area (Å²) in [7, 11) is 1.72.